The summed E-state index contributed by atoms with van der Waals surface area (Å²) >= 11 is 3.28. The lowest BCUT2D eigenvalue weighted by atomic mass is 10.1. The third-order valence-corrected chi connectivity index (χ3v) is 3.01. The zero-order valence-corrected chi connectivity index (χ0v) is 10.9. The van der Waals surface area contributed by atoms with Gasteiger partial charge in [0.1, 0.15) is 5.82 Å². The molecule has 0 aliphatic carbocycles. The molecule has 0 aromatic heterocycles. The van der Waals surface area contributed by atoms with Crippen molar-refractivity contribution in [1.82, 2.24) is 5.32 Å². The fourth-order valence-corrected chi connectivity index (χ4v) is 1.74. The molecule has 1 N–H and O–H groups in total. The fraction of sp³-hybridized carbons (Fsp3) is 0.500. The van der Waals surface area contributed by atoms with Gasteiger partial charge in [0, 0.05) is 17.1 Å². The highest BCUT2D eigenvalue weighted by Crippen LogP contribution is 2.15. The molecule has 0 heterocycles. The highest BCUT2D eigenvalue weighted by atomic mass is 79.9. The number of hydrogen-bond donors (Lipinski definition) is 1. The lowest BCUT2D eigenvalue weighted by Gasteiger charge is -2.17. The monoisotopic (exact) mass is 273 g/mol. The second-order valence-corrected chi connectivity index (χ2v) is 5.11. The van der Waals surface area contributed by atoms with E-state index in [0.29, 0.717) is 18.5 Å². The predicted molar refractivity (Wildman–Crippen MR) is 65.2 cm³/mol. The van der Waals surface area contributed by atoms with Crippen LogP contribution in [0.4, 0.5) is 4.39 Å². The average Bonchev–Trinajstić information content (AvgIpc) is 2.12. The van der Waals surface area contributed by atoms with E-state index in [1.165, 1.54) is 6.07 Å². The van der Waals surface area contributed by atoms with Gasteiger partial charge in [-0.05, 0) is 36.6 Å². The molecule has 1 rings (SSSR count). The van der Waals surface area contributed by atoms with Crippen molar-refractivity contribution in [1.29, 1.82) is 0 Å². The summed E-state index contributed by atoms with van der Waals surface area (Å²) in [7, 11) is 0. The van der Waals surface area contributed by atoms with E-state index in [2.05, 4.69) is 42.0 Å². The normalized spacial score (nSPS) is 13.2. The van der Waals surface area contributed by atoms with E-state index >= 15 is 0 Å². The average molecular weight is 274 g/mol. The van der Waals surface area contributed by atoms with Gasteiger partial charge in [-0.25, -0.2) is 4.39 Å². The topological polar surface area (TPSA) is 12.0 Å². The number of nitrogens with one attached hydrogen (secondary N) is 1. The Bertz CT molecular complexity index is 305. The van der Waals surface area contributed by atoms with E-state index < -0.39 is 0 Å². The van der Waals surface area contributed by atoms with Crippen LogP contribution in [0.15, 0.2) is 22.7 Å². The summed E-state index contributed by atoms with van der Waals surface area (Å²) in [5.74, 6) is 0.389. The molecule has 0 bridgehead atoms. The maximum atomic E-state index is 13.1. The molecule has 1 aromatic carbocycles. The first kappa shape index (κ1) is 12.7. The summed E-state index contributed by atoms with van der Waals surface area (Å²) in [6.07, 6.45) is 0. The maximum Gasteiger partial charge on any atom is 0.124 e. The van der Waals surface area contributed by atoms with Crippen LogP contribution in [-0.4, -0.2) is 6.04 Å². The van der Waals surface area contributed by atoms with Crippen molar-refractivity contribution >= 4 is 15.9 Å². The summed E-state index contributed by atoms with van der Waals surface area (Å²) in [5, 5.41) is 3.37. The van der Waals surface area contributed by atoms with Gasteiger partial charge < -0.3 is 5.32 Å². The highest BCUT2D eigenvalue weighted by Gasteiger charge is 2.06. The summed E-state index contributed by atoms with van der Waals surface area (Å²) in [6, 6.07) is 5.40. The van der Waals surface area contributed by atoms with Crippen molar-refractivity contribution in [2.75, 3.05) is 0 Å². The Balaban J connectivity index is 2.57. The van der Waals surface area contributed by atoms with Crippen LogP contribution in [0.2, 0.25) is 0 Å². The van der Waals surface area contributed by atoms with Gasteiger partial charge in [0.15, 0.2) is 0 Å². The van der Waals surface area contributed by atoms with E-state index in [9.17, 15) is 4.39 Å². The molecule has 0 aliphatic rings. The smallest absolute Gasteiger partial charge is 0.124 e. The van der Waals surface area contributed by atoms with Crippen molar-refractivity contribution in [2.24, 2.45) is 5.92 Å². The minimum absolute atomic E-state index is 0.196. The quantitative estimate of drug-likeness (QED) is 0.882. The van der Waals surface area contributed by atoms with E-state index in [1.54, 1.807) is 6.07 Å². The maximum absolute atomic E-state index is 13.1. The van der Waals surface area contributed by atoms with Crippen molar-refractivity contribution in [2.45, 2.75) is 33.4 Å². The van der Waals surface area contributed by atoms with E-state index in [-0.39, 0.29) is 5.82 Å². The zero-order chi connectivity index (χ0) is 11.4. The summed E-state index contributed by atoms with van der Waals surface area (Å²) in [6.45, 7) is 7.17. The molecular weight excluding hydrogens is 257 g/mol. The molecule has 1 atom stereocenters. The van der Waals surface area contributed by atoms with Crippen LogP contribution in [0.5, 0.6) is 0 Å². The Hall–Kier alpha value is -0.410. The van der Waals surface area contributed by atoms with Crippen molar-refractivity contribution in [3.05, 3.63) is 34.1 Å². The molecule has 0 radical (unpaired) electrons. The molecular formula is C12H17BrFN. The van der Waals surface area contributed by atoms with Gasteiger partial charge in [0.05, 0.1) is 0 Å². The lowest BCUT2D eigenvalue weighted by Crippen LogP contribution is -2.30. The second kappa shape index (κ2) is 5.61. The van der Waals surface area contributed by atoms with Crippen LogP contribution >= 0.6 is 15.9 Å². The molecule has 1 nitrogen and oxygen atoms in total. The number of rotatable bonds is 4. The number of halogens is 2. The molecule has 0 amide bonds. The lowest BCUT2D eigenvalue weighted by molar-refractivity contribution is 0.425. The van der Waals surface area contributed by atoms with E-state index in [0.717, 1.165) is 10.0 Å². The molecule has 0 fully saturated rings. The van der Waals surface area contributed by atoms with Crippen LogP contribution in [-0.2, 0) is 6.54 Å². The van der Waals surface area contributed by atoms with Crippen LogP contribution in [0.1, 0.15) is 26.3 Å². The fourth-order valence-electron chi connectivity index (χ4n) is 1.23. The van der Waals surface area contributed by atoms with Gasteiger partial charge in [-0.1, -0.05) is 29.8 Å². The minimum atomic E-state index is -0.196. The summed E-state index contributed by atoms with van der Waals surface area (Å²) in [4.78, 5) is 0. The molecule has 15 heavy (non-hydrogen) atoms. The first-order valence-corrected chi connectivity index (χ1v) is 5.96. The van der Waals surface area contributed by atoms with Gasteiger partial charge in [-0.3, -0.25) is 0 Å². The SMILES string of the molecule is CC(C)C(C)NCc1cc(F)cc(Br)c1. The van der Waals surface area contributed by atoms with Crippen LogP contribution in [0.25, 0.3) is 0 Å². The Morgan fingerprint density at radius 1 is 1.27 bits per heavy atom. The Morgan fingerprint density at radius 3 is 2.47 bits per heavy atom. The molecule has 0 saturated carbocycles. The van der Waals surface area contributed by atoms with Crippen LogP contribution in [0.3, 0.4) is 0 Å². The zero-order valence-electron chi connectivity index (χ0n) is 9.35. The third kappa shape index (κ3) is 4.31. The van der Waals surface area contributed by atoms with E-state index in [1.807, 2.05) is 6.07 Å². The largest absolute Gasteiger partial charge is 0.310 e. The van der Waals surface area contributed by atoms with Crippen molar-refractivity contribution in [3.8, 4) is 0 Å². The summed E-state index contributed by atoms with van der Waals surface area (Å²) in [5.41, 5.74) is 0.967. The van der Waals surface area contributed by atoms with Gasteiger partial charge in [0.25, 0.3) is 0 Å². The molecule has 0 spiro atoms. The molecule has 1 unspecified atom stereocenters. The van der Waals surface area contributed by atoms with Gasteiger partial charge >= 0.3 is 0 Å². The minimum Gasteiger partial charge on any atom is -0.310 e. The first-order valence-electron chi connectivity index (χ1n) is 5.17. The van der Waals surface area contributed by atoms with Crippen LogP contribution in [0, 0.1) is 11.7 Å². The van der Waals surface area contributed by atoms with Gasteiger partial charge in [-0.2, -0.15) is 0 Å². The molecule has 0 aliphatic heterocycles. The van der Waals surface area contributed by atoms with Gasteiger partial charge in [-0.15, -0.1) is 0 Å². The van der Waals surface area contributed by atoms with Crippen LogP contribution < -0.4 is 5.32 Å². The standard InChI is InChI=1S/C12H17BrFN/c1-8(2)9(3)15-7-10-4-11(13)6-12(14)5-10/h4-6,8-9,15H,7H2,1-3H3. The van der Waals surface area contributed by atoms with Gasteiger partial charge in [0.2, 0.25) is 0 Å². The van der Waals surface area contributed by atoms with E-state index in [4.69, 9.17) is 0 Å². The summed E-state index contributed by atoms with van der Waals surface area (Å²) < 4.78 is 13.8. The Morgan fingerprint density at radius 2 is 1.93 bits per heavy atom. The third-order valence-electron chi connectivity index (χ3n) is 2.55. The highest BCUT2D eigenvalue weighted by molar-refractivity contribution is 9.10. The molecule has 1 aromatic rings. The molecule has 84 valence electrons. The molecule has 3 heteroatoms. The number of hydrogen-bond acceptors (Lipinski definition) is 1. The van der Waals surface area contributed by atoms with Crippen molar-refractivity contribution in [3.63, 3.8) is 0 Å². The Kier molecular flexibility index (Phi) is 4.74. The van der Waals surface area contributed by atoms with Crippen molar-refractivity contribution < 1.29 is 4.39 Å². The predicted octanol–water partition coefficient (Wildman–Crippen LogP) is 3.72. The number of benzene rings is 1. The Labute approximate surface area is 99.2 Å². The molecule has 0 saturated heterocycles. The first-order chi connectivity index (χ1) is 6.99. The second-order valence-electron chi connectivity index (χ2n) is 4.19.